The minimum Gasteiger partial charge on any atom is -0.231 e. The lowest BCUT2D eigenvalue weighted by molar-refractivity contribution is 0.132. The van der Waals surface area contributed by atoms with Crippen molar-refractivity contribution in [3.63, 3.8) is 0 Å². The fourth-order valence-electron chi connectivity index (χ4n) is 0.0412. The van der Waals surface area contributed by atoms with Crippen molar-refractivity contribution in [3.05, 3.63) is 0 Å². The van der Waals surface area contributed by atoms with Crippen LogP contribution in [0.2, 0.25) is 0 Å². The Morgan fingerprint density at radius 1 is 1.33 bits per heavy atom. The van der Waals surface area contributed by atoms with Gasteiger partial charge < -0.3 is 0 Å². The zero-order valence-corrected chi connectivity index (χ0v) is 6.33. The highest BCUT2D eigenvalue weighted by molar-refractivity contribution is 9.09. The van der Waals surface area contributed by atoms with Crippen LogP contribution in [0.3, 0.4) is 0 Å². The molecule has 0 amide bonds. The van der Waals surface area contributed by atoms with Gasteiger partial charge in [-0.3, -0.25) is 0 Å². The average Bonchev–Trinajstić information content (AvgIpc) is 1.65. The normalized spacial score (nSPS) is 10.0. The van der Waals surface area contributed by atoms with Crippen molar-refractivity contribution in [1.29, 1.82) is 0 Å². The summed E-state index contributed by atoms with van der Waals surface area (Å²) in [6, 6.07) is 0. The van der Waals surface area contributed by atoms with Crippen molar-refractivity contribution in [2.45, 2.75) is 6.10 Å². The molecule has 37 valence electrons. The molecule has 1 radical (unpaired) electrons. The molecule has 0 N–H and O–H groups in total. The van der Waals surface area contributed by atoms with Gasteiger partial charge in [-0.15, -0.1) is 0 Å². The van der Waals surface area contributed by atoms with Gasteiger partial charge in [-0.25, -0.2) is 5.11 Å². The Hall–Kier alpha value is 0.920. The molecule has 0 saturated carbocycles. The molecular formula is C3H5Br2O. The van der Waals surface area contributed by atoms with E-state index in [1.807, 2.05) is 0 Å². The van der Waals surface area contributed by atoms with Gasteiger partial charge in [0.2, 0.25) is 0 Å². The highest BCUT2D eigenvalue weighted by Crippen LogP contribution is 1.93. The second-order valence-corrected chi connectivity index (χ2v) is 2.23. The van der Waals surface area contributed by atoms with Crippen molar-refractivity contribution in [2.24, 2.45) is 0 Å². The van der Waals surface area contributed by atoms with Gasteiger partial charge in [0, 0.05) is 10.7 Å². The third-order valence-electron chi connectivity index (χ3n) is 0.344. The molecule has 0 saturated heterocycles. The summed E-state index contributed by atoms with van der Waals surface area (Å²) in [5.41, 5.74) is 0. The SMILES string of the molecule is [O]C(CBr)CBr. The molecule has 0 fully saturated rings. The van der Waals surface area contributed by atoms with E-state index in [-0.39, 0.29) is 0 Å². The fourth-order valence-corrected chi connectivity index (χ4v) is 1.11. The smallest absolute Gasteiger partial charge is 0.112 e. The highest BCUT2D eigenvalue weighted by atomic mass is 79.9. The molecule has 0 aromatic carbocycles. The van der Waals surface area contributed by atoms with Crippen molar-refractivity contribution in [1.82, 2.24) is 0 Å². The predicted octanol–water partition coefficient (Wildman–Crippen LogP) is 1.58. The summed E-state index contributed by atoms with van der Waals surface area (Å²) in [6.07, 6.45) is -0.481. The van der Waals surface area contributed by atoms with E-state index in [1.165, 1.54) is 0 Å². The zero-order valence-electron chi connectivity index (χ0n) is 3.16. The third-order valence-corrected chi connectivity index (χ3v) is 1.79. The quantitative estimate of drug-likeness (QED) is 0.625. The molecule has 0 heterocycles. The van der Waals surface area contributed by atoms with Gasteiger partial charge in [0.25, 0.3) is 0 Å². The van der Waals surface area contributed by atoms with Crippen LogP contribution in [0.25, 0.3) is 0 Å². The second kappa shape index (κ2) is 4.09. The fraction of sp³-hybridized carbons (Fsp3) is 1.00. The van der Waals surface area contributed by atoms with Crippen LogP contribution in [0.1, 0.15) is 0 Å². The molecular weight excluding hydrogens is 212 g/mol. The number of hydrogen-bond acceptors (Lipinski definition) is 0. The van der Waals surface area contributed by atoms with Gasteiger partial charge in [0.05, 0.1) is 0 Å². The molecule has 0 bridgehead atoms. The number of halogens is 2. The first-order chi connectivity index (χ1) is 2.81. The highest BCUT2D eigenvalue weighted by Gasteiger charge is 1.96. The first-order valence-electron chi connectivity index (χ1n) is 1.59. The molecule has 0 atom stereocenters. The Kier molecular flexibility index (Phi) is 4.72. The first kappa shape index (κ1) is 6.92. The summed E-state index contributed by atoms with van der Waals surface area (Å²) < 4.78 is 0. The maximum Gasteiger partial charge on any atom is 0.112 e. The molecule has 0 aromatic heterocycles. The minimum atomic E-state index is -0.481. The minimum absolute atomic E-state index is 0.481. The van der Waals surface area contributed by atoms with Crippen molar-refractivity contribution in [3.8, 4) is 0 Å². The molecule has 0 aliphatic carbocycles. The van der Waals surface area contributed by atoms with Gasteiger partial charge in [-0.2, -0.15) is 0 Å². The number of alkyl halides is 2. The Morgan fingerprint density at radius 3 is 1.67 bits per heavy atom. The third kappa shape index (κ3) is 3.12. The Morgan fingerprint density at radius 2 is 1.67 bits per heavy atom. The zero-order chi connectivity index (χ0) is 4.99. The molecule has 0 unspecified atom stereocenters. The summed E-state index contributed by atoms with van der Waals surface area (Å²) in [4.78, 5) is 0. The summed E-state index contributed by atoms with van der Waals surface area (Å²) in [5.74, 6) is 0. The lowest BCUT2D eigenvalue weighted by Crippen LogP contribution is -2.05. The first-order valence-corrected chi connectivity index (χ1v) is 3.83. The number of hydrogen-bond donors (Lipinski definition) is 0. The van der Waals surface area contributed by atoms with Gasteiger partial charge >= 0.3 is 0 Å². The van der Waals surface area contributed by atoms with Crippen LogP contribution in [-0.4, -0.2) is 16.8 Å². The van der Waals surface area contributed by atoms with Crippen LogP contribution in [0, 0.1) is 0 Å². The van der Waals surface area contributed by atoms with Gasteiger partial charge in [0.1, 0.15) is 6.10 Å². The lowest BCUT2D eigenvalue weighted by Gasteiger charge is -1.91. The van der Waals surface area contributed by atoms with E-state index in [4.69, 9.17) is 0 Å². The van der Waals surface area contributed by atoms with Crippen molar-refractivity contribution >= 4 is 31.9 Å². The maximum atomic E-state index is 10.2. The molecule has 0 aliphatic rings. The van der Waals surface area contributed by atoms with E-state index in [9.17, 15) is 5.11 Å². The van der Waals surface area contributed by atoms with Gasteiger partial charge in [-0.05, 0) is 0 Å². The molecule has 6 heavy (non-hydrogen) atoms. The molecule has 1 nitrogen and oxygen atoms in total. The molecule has 0 rings (SSSR count). The molecule has 0 spiro atoms. The van der Waals surface area contributed by atoms with E-state index in [1.54, 1.807) is 0 Å². The maximum absolute atomic E-state index is 10.2. The summed E-state index contributed by atoms with van der Waals surface area (Å²) >= 11 is 6.06. The van der Waals surface area contributed by atoms with Gasteiger partial charge in [0.15, 0.2) is 0 Å². The summed E-state index contributed by atoms with van der Waals surface area (Å²) in [7, 11) is 0. The number of rotatable bonds is 2. The Balaban J connectivity index is 2.75. The largest absolute Gasteiger partial charge is 0.231 e. The predicted molar refractivity (Wildman–Crippen MR) is 32.1 cm³/mol. The summed E-state index contributed by atoms with van der Waals surface area (Å²) in [6.45, 7) is 0. The van der Waals surface area contributed by atoms with Crippen LogP contribution in [0.4, 0.5) is 0 Å². The Bertz CT molecular complexity index is 28.0. The van der Waals surface area contributed by atoms with E-state index < -0.39 is 6.10 Å². The van der Waals surface area contributed by atoms with Crippen molar-refractivity contribution in [2.75, 3.05) is 10.7 Å². The molecule has 0 aliphatic heterocycles. The van der Waals surface area contributed by atoms with E-state index >= 15 is 0 Å². The van der Waals surface area contributed by atoms with Crippen LogP contribution in [0.15, 0.2) is 0 Å². The van der Waals surface area contributed by atoms with Crippen LogP contribution in [0.5, 0.6) is 0 Å². The van der Waals surface area contributed by atoms with Crippen LogP contribution < -0.4 is 0 Å². The Labute approximate surface area is 54.0 Å². The van der Waals surface area contributed by atoms with Crippen LogP contribution >= 0.6 is 31.9 Å². The van der Waals surface area contributed by atoms with Crippen molar-refractivity contribution < 1.29 is 5.11 Å². The van der Waals surface area contributed by atoms with Gasteiger partial charge in [-0.1, -0.05) is 31.9 Å². The average molecular weight is 217 g/mol. The van der Waals surface area contributed by atoms with E-state index in [0.29, 0.717) is 10.7 Å². The monoisotopic (exact) mass is 215 g/mol. The van der Waals surface area contributed by atoms with Crippen LogP contribution in [-0.2, 0) is 5.11 Å². The molecule has 0 aromatic rings. The topological polar surface area (TPSA) is 19.9 Å². The lowest BCUT2D eigenvalue weighted by atomic mass is 10.5. The summed E-state index contributed by atoms with van der Waals surface area (Å²) in [5, 5.41) is 11.2. The van der Waals surface area contributed by atoms with E-state index in [0.717, 1.165) is 0 Å². The molecule has 3 heteroatoms. The van der Waals surface area contributed by atoms with E-state index in [2.05, 4.69) is 31.9 Å². The second-order valence-electron chi connectivity index (χ2n) is 0.931. The standard InChI is InChI=1S/C3H5Br2O/c4-1-3(6)2-5/h3H,1-2H2.